The number of carbonyl (C=O) groups is 1. The van der Waals surface area contributed by atoms with E-state index in [-0.39, 0.29) is 17.6 Å². The van der Waals surface area contributed by atoms with Crippen LogP contribution in [0.4, 0.5) is 5.88 Å². The predicted molar refractivity (Wildman–Crippen MR) is 76.4 cm³/mol. The van der Waals surface area contributed by atoms with Crippen molar-refractivity contribution in [3.05, 3.63) is 30.0 Å². The van der Waals surface area contributed by atoms with Crippen LogP contribution < -0.4 is 5.73 Å². The molecule has 2 aromatic rings. The highest BCUT2D eigenvalue weighted by Crippen LogP contribution is 2.28. The molecule has 0 spiro atoms. The van der Waals surface area contributed by atoms with Crippen LogP contribution in [0.25, 0.3) is 11.4 Å². The maximum absolute atomic E-state index is 12.4. The van der Waals surface area contributed by atoms with E-state index < -0.39 is 5.97 Å². The summed E-state index contributed by atoms with van der Waals surface area (Å²) in [7, 11) is 0. The standard InChI is InChI=1S/C15H17N3O3/c16-14-12(15(19)20-10-6-2-1-3-7-10)13(18-21-14)11-8-4-5-9-17-11/h4-5,8-10H,1-3,6-7,16H2. The van der Waals surface area contributed by atoms with Gasteiger partial charge in [0.1, 0.15) is 11.8 Å². The summed E-state index contributed by atoms with van der Waals surface area (Å²) in [6.07, 6.45) is 6.75. The topological polar surface area (TPSA) is 91.2 Å². The molecule has 0 aliphatic heterocycles. The average molecular weight is 287 g/mol. The minimum absolute atomic E-state index is 0.0311. The fourth-order valence-electron chi connectivity index (χ4n) is 2.57. The third-order valence-electron chi connectivity index (χ3n) is 3.66. The molecule has 1 aliphatic rings. The lowest BCUT2D eigenvalue weighted by Gasteiger charge is -2.21. The van der Waals surface area contributed by atoms with Gasteiger partial charge in [0.2, 0.25) is 5.88 Å². The summed E-state index contributed by atoms with van der Waals surface area (Å²) >= 11 is 0. The summed E-state index contributed by atoms with van der Waals surface area (Å²) in [6.45, 7) is 0. The minimum Gasteiger partial charge on any atom is -0.459 e. The highest BCUT2D eigenvalue weighted by atomic mass is 16.5. The number of rotatable bonds is 3. The summed E-state index contributed by atoms with van der Waals surface area (Å²) in [5.41, 5.74) is 6.76. The van der Waals surface area contributed by atoms with E-state index in [9.17, 15) is 4.79 Å². The van der Waals surface area contributed by atoms with Crippen molar-refractivity contribution in [3.63, 3.8) is 0 Å². The fraction of sp³-hybridized carbons (Fsp3) is 0.400. The lowest BCUT2D eigenvalue weighted by molar-refractivity contribution is 0.0213. The van der Waals surface area contributed by atoms with Crippen LogP contribution in [-0.2, 0) is 4.74 Å². The van der Waals surface area contributed by atoms with Crippen molar-refractivity contribution >= 4 is 11.9 Å². The van der Waals surface area contributed by atoms with Crippen LogP contribution in [0, 0.1) is 0 Å². The van der Waals surface area contributed by atoms with Crippen molar-refractivity contribution in [3.8, 4) is 11.4 Å². The van der Waals surface area contributed by atoms with Crippen LogP contribution in [0.3, 0.4) is 0 Å². The number of hydrogen-bond donors (Lipinski definition) is 1. The molecule has 1 saturated carbocycles. The Morgan fingerprint density at radius 2 is 2.10 bits per heavy atom. The van der Waals surface area contributed by atoms with E-state index >= 15 is 0 Å². The fourth-order valence-corrected chi connectivity index (χ4v) is 2.57. The van der Waals surface area contributed by atoms with Crippen LogP contribution in [0.5, 0.6) is 0 Å². The van der Waals surface area contributed by atoms with E-state index in [1.165, 1.54) is 6.42 Å². The zero-order chi connectivity index (χ0) is 14.7. The Balaban J connectivity index is 1.84. The molecule has 1 fully saturated rings. The monoisotopic (exact) mass is 287 g/mol. The van der Waals surface area contributed by atoms with Gasteiger partial charge in [0, 0.05) is 6.20 Å². The molecular formula is C15H17N3O3. The van der Waals surface area contributed by atoms with E-state index in [0.29, 0.717) is 11.4 Å². The first-order chi connectivity index (χ1) is 10.3. The molecule has 1 aliphatic carbocycles. The van der Waals surface area contributed by atoms with Gasteiger partial charge in [0.15, 0.2) is 5.56 Å². The molecule has 0 radical (unpaired) electrons. The maximum Gasteiger partial charge on any atom is 0.346 e. The number of pyridine rings is 1. The van der Waals surface area contributed by atoms with Crippen LogP contribution in [-0.4, -0.2) is 22.2 Å². The van der Waals surface area contributed by atoms with Gasteiger partial charge in [-0.25, -0.2) is 4.79 Å². The van der Waals surface area contributed by atoms with Gasteiger partial charge in [0.05, 0.1) is 5.69 Å². The third-order valence-corrected chi connectivity index (χ3v) is 3.66. The number of ether oxygens (including phenoxy) is 1. The van der Waals surface area contributed by atoms with Crippen LogP contribution in [0.1, 0.15) is 42.5 Å². The first-order valence-electron chi connectivity index (χ1n) is 7.13. The molecule has 0 amide bonds. The predicted octanol–water partition coefficient (Wildman–Crippen LogP) is 2.81. The lowest BCUT2D eigenvalue weighted by atomic mass is 9.98. The summed E-state index contributed by atoms with van der Waals surface area (Å²) in [5.74, 6) is -0.516. The van der Waals surface area contributed by atoms with Crippen LogP contribution in [0.2, 0.25) is 0 Å². The molecule has 0 aromatic carbocycles. The smallest absolute Gasteiger partial charge is 0.346 e. The Morgan fingerprint density at radius 3 is 2.81 bits per heavy atom. The van der Waals surface area contributed by atoms with Crippen molar-refractivity contribution in [1.29, 1.82) is 0 Å². The number of carbonyl (C=O) groups excluding carboxylic acids is 1. The molecular weight excluding hydrogens is 270 g/mol. The number of esters is 1. The number of nitrogens with zero attached hydrogens (tertiary/aromatic N) is 2. The van der Waals surface area contributed by atoms with Gasteiger partial charge in [-0.3, -0.25) is 4.98 Å². The third kappa shape index (κ3) is 2.89. The molecule has 3 rings (SSSR count). The van der Waals surface area contributed by atoms with Crippen molar-refractivity contribution in [1.82, 2.24) is 10.1 Å². The Bertz CT molecular complexity index is 618. The zero-order valence-corrected chi connectivity index (χ0v) is 11.6. The molecule has 2 N–H and O–H groups in total. The molecule has 0 unspecified atom stereocenters. The van der Waals surface area contributed by atoms with Gasteiger partial charge in [-0.1, -0.05) is 17.6 Å². The molecule has 0 saturated heterocycles. The Kier molecular flexibility index (Phi) is 3.85. The molecule has 2 aromatic heterocycles. The summed E-state index contributed by atoms with van der Waals surface area (Å²) < 4.78 is 10.5. The number of nitrogens with two attached hydrogens (primary N) is 1. The first kappa shape index (κ1) is 13.6. The summed E-state index contributed by atoms with van der Waals surface area (Å²) in [4.78, 5) is 16.5. The lowest BCUT2D eigenvalue weighted by Crippen LogP contribution is -2.21. The molecule has 0 atom stereocenters. The average Bonchev–Trinajstić information content (AvgIpc) is 2.91. The van der Waals surface area contributed by atoms with Gasteiger partial charge in [0.25, 0.3) is 0 Å². The number of hydrogen-bond acceptors (Lipinski definition) is 6. The van der Waals surface area contributed by atoms with Crippen molar-refractivity contribution < 1.29 is 14.1 Å². The number of nitrogen functional groups attached to an aromatic ring is 1. The van der Waals surface area contributed by atoms with Gasteiger partial charge in [-0.15, -0.1) is 0 Å². The van der Waals surface area contributed by atoms with Gasteiger partial charge in [-0.05, 0) is 37.8 Å². The van der Waals surface area contributed by atoms with E-state index in [2.05, 4.69) is 10.1 Å². The quantitative estimate of drug-likeness (QED) is 0.873. The molecule has 0 bridgehead atoms. The molecule has 110 valence electrons. The van der Waals surface area contributed by atoms with Gasteiger partial charge < -0.3 is 15.0 Å². The normalized spacial score (nSPS) is 15.8. The van der Waals surface area contributed by atoms with Gasteiger partial charge >= 0.3 is 5.97 Å². The van der Waals surface area contributed by atoms with Gasteiger partial charge in [-0.2, -0.15) is 0 Å². The summed E-state index contributed by atoms with van der Waals surface area (Å²) in [5, 5.41) is 3.84. The van der Waals surface area contributed by atoms with Crippen LogP contribution in [0.15, 0.2) is 28.9 Å². The first-order valence-corrected chi connectivity index (χ1v) is 7.13. The Labute approximate surface area is 122 Å². The van der Waals surface area contributed by atoms with E-state index in [4.69, 9.17) is 15.0 Å². The minimum atomic E-state index is -0.485. The van der Waals surface area contributed by atoms with E-state index in [1.54, 1.807) is 18.3 Å². The maximum atomic E-state index is 12.4. The SMILES string of the molecule is Nc1onc(-c2ccccn2)c1C(=O)OC1CCCCC1. The van der Waals surface area contributed by atoms with Crippen molar-refractivity contribution in [2.75, 3.05) is 5.73 Å². The highest BCUT2D eigenvalue weighted by molar-refractivity contribution is 5.99. The van der Waals surface area contributed by atoms with Crippen molar-refractivity contribution in [2.24, 2.45) is 0 Å². The van der Waals surface area contributed by atoms with E-state index in [1.807, 2.05) is 6.07 Å². The molecule has 2 heterocycles. The number of anilines is 1. The second-order valence-corrected chi connectivity index (χ2v) is 5.15. The zero-order valence-electron chi connectivity index (χ0n) is 11.6. The van der Waals surface area contributed by atoms with Crippen LogP contribution >= 0.6 is 0 Å². The second-order valence-electron chi connectivity index (χ2n) is 5.15. The molecule has 6 heteroatoms. The Morgan fingerprint density at radius 1 is 1.29 bits per heavy atom. The molecule has 21 heavy (non-hydrogen) atoms. The summed E-state index contributed by atoms with van der Waals surface area (Å²) in [6, 6.07) is 5.34. The number of aromatic nitrogens is 2. The van der Waals surface area contributed by atoms with E-state index in [0.717, 1.165) is 25.7 Å². The molecule has 6 nitrogen and oxygen atoms in total. The highest BCUT2D eigenvalue weighted by Gasteiger charge is 2.27. The Hall–Kier alpha value is -2.37. The largest absolute Gasteiger partial charge is 0.459 e. The second kappa shape index (κ2) is 5.95. The van der Waals surface area contributed by atoms with Crippen molar-refractivity contribution in [2.45, 2.75) is 38.2 Å².